The Kier molecular flexibility index (Phi) is 7.13. The van der Waals surface area contributed by atoms with Crippen molar-refractivity contribution in [1.29, 1.82) is 0 Å². The molecule has 1 aliphatic heterocycles. The fourth-order valence-corrected chi connectivity index (χ4v) is 3.96. The molecular formula is C28H29N3O5. The summed E-state index contributed by atoms with van der Waals surface area (Å²) in [5.41, 5.74) is 1.22. The third-order valence-corrected chi connectivity index (χ3v) is 5.82. The zero-order chi connectivity index (χ0) is 25.9. The summed E-state index contributed by atoms with van der Waals surface area (Å²) in [6.45, 7) is 5.29. The maximum absolute atomic E-state index is 13.5. The summed E-state index contributed by atoms with van der Waals surface area (Å²) in [6, 6.07) is 15.8. The molecule has 0 radical (unpaired) electrons. The molecule has 0 saturated carbocycles. The van der Waals surface area contributed by atoms with E-state index >= 15 is 0 Å². The van der Waals surface area contributed by atoms with Crippen LogP contribution in [0.3, 0.4) is 0 Å². The Hall–Kier alpha value is -4.09. The number of benzene rings is 2. The molecule has 1 aliphatic rings. The van der Waals surface area contributed by atoms with Gasteiger partial charge < -0.3 is 24.2 Å². The summed E-state index contributed by atoms with van der Waals surface area (Å²) in [5, 5.41) is 13.9. The number of likely N-dealkylation sites (N-methyl/N-ethyl adjacent to an activating group) is 2. The minimum atomic E-state index is -1.14. The van der Waals surface area contributed by atoms with Gasteiger partial charge in [0.05, 0.1) is 5.69 Å². The van der Waals surface area contributed by atoms with E-state index in [1.54, 1.807) is 52.1 Å². The number of rotatable bonds is 5. The third kappa shape index (κ3) is 5.58. The number of aromatic nitrogens is 1. The quantitative estimate of drug-likeness (QED) is 0.555. The van der Waals surface area contributed by atoms with Crippen molar-refractivity contribution in [2.75, 3.05) is 25.1 Å². The molecule has 3 aromatic rings. The van der Waals surface area contributed by atoms with Crippen LogP contribution in [0.15, 0.2) is 59.1 Å². The normalized spacial score (nSPS) is 15.3. The number of amides is 2. The van der Waals surface area contributed by atoms with Gasteiger partial charge in [0.1, 0.15) is 29.8 Å². The Morgan fingerprint density at radius 3 is 2.67 bits per heavy atom. The fraction of sp³-hybridized carbons (Fsp3) is 0.321. The second-order valence-corrected chi connectivity index (χ2v) is 9.15. The summed E-state index contributed by atoms with van der Waals surface area (Å²) in [5.74, 6) is 6.07. The van der Waals surface area contributed by atoms with E-state index in [-0.39, 0.29) is 24.8 Å². The van der Waals surface area contributed by atoms with E-state index in [2.05, 4.69) is 17.0 Å². The van der Waals surface area contributed by atoms with Crippen LogP contribution in [-0.4, -0.2) is 58.8 Å². The standard InChI is InChI=1S/C28H29N3O5/c1-5-31(26(32)22-17-21(36-29-22)15-19-9-7-6-8-10-19)24-18-35-25-12-11-20(13-14-28(2,3)34)16-23(25)30(4)27(24)33/h6-12,16-17,24,34H,5,15,18H2,1-4H3. The molecule has 8 heteroatoms. The Balaban J connectivity index is 1.54. The van der Waals surface area contributed by atoms with E-state index in [0.717, 1.165) is 5.56 Å². The SMILES string of the molecule is CCN(C(=O)c1cc(Cc2ccccc2)on1)C1COc2ccc(C#CC(C)(C)O)cc2N(C)C1=O. The van der Waals surface area contributed by atoms with Crippen LogP contribution in [0, 0.1) is 11.8 Å². The smallest absolute Gasteiger partial charge is 0.276 e. The molecule has 4 rings (SSSR count). The summed E-state index contributed by atoms with van der Waals surface area (Å²) in [6.07, 6.45) is 0.509. The van der Waals surface area contributed by atoms with Gasteiger partial charge in [-0.1, -0.05) is 47.3 Å². The van der Waals surface area contributed by atoms with Gasteiger partial charge >= 0.3 is 0 Å². The van der Waals surface area contributed by atoms with Crippen molar-refractivity contribution < 1.29 is 24.0 Å². The molecule has 0 bridgehead atoms. The average Bonchev–Trinajstić information content (AvgIpc) is 3.28. The minimum absolute atomic E-state index is 0.000820. The van der Waals surface area contributed by atoms with E-state index in [4.69, 9.17) is 9.26 Å². The Labute approximate surface area is 210 Å². The third-order valence-electron chi connectivity index (χ3n) is 5.82. The van der Waals surface area contributed by atoms with Crippen molar-refractivity contribution in [2.45, 2.75) is 38.8 Å². The van der Waals surface area contributed by atoms with E-state index in [9.17, 15) is 14.7 Å². The Bertz CT molecular complexity index is 1310. The second kappa shape index (κ2) is 10.3. The van der Waals surface area contributed by atoms with Crippen molar-refractivity contribution in [1.82, 2.24) is 10.1 Å². The number of fused-ring (bicyclic) bond motifs is 1. The van der Waals surface area contributed by atoms with E-state index in [1.165, 1.54) is 9.80 Å². The van der Waals surface area contributed by atoms with Gasteiger partial charge in [0.25, 0.3) is 11.8 Å². The number of carbonyl (C=O) groups is 2. The van der Waals surface area contributed by atoms with Crippen molar-refractivity contribution >= 4 is 17.5 Å². The van der Waals surface area contributed by atoms with Crippen LogP contribution in [0.1, 0.15) is 48.1 Å². The minimum Gasteiger partial charge on any atom is -0.489 e. The highest BCUT2D eigenvalue weighted by atomic mass is 16.5. The molecule has 36 heavy (non-hydrogen) atoms. The van der Waals surface area contributed by atoms with Crippen LogP contribution in [-0.2, 0) is 11.2 Å². The molecule has 2 heterocycles. The van der Waals surface area contributed by atoms with Crippen LogP contribution in [0.5, 0.6) is 5.75 Å². The number of carbonyl (C=O) groups excluding carboxylic acids is 2. The van der Waals surface area contributed by atoms with Crippen LogP contribution in [0.2, 0.25) is 0 Å². The molecule has 2 amide bonds. The highest BCUT2D eigenvalue weighted by Crippen LogP contribution is 2.32. The molecule has 1 aromatic heterocycles. The average molecular weight is 488 g/mol. The lowest BCUT2D eigenvalue weighted by Gasteiger charge is -2.29. The highest BCUT2D eigenvalue weighted by Gasteiger charge is 2.36. The molecule has 186 valence electrons. The van der Waals surface area contributed by atoms with Gasteiger partial charge in [-0.05, 0) is 44.5 Å². The zero-order valence-corrected chi connectivity index (χ0v) is 20.8. The summed E-state index contributed by atoms with van der Waals surface area (Å²) < 4.78 is 11.4. The van der Waals surface area contributed by atoms with Crippen molar-refractivity contribution in [2.24, 2.45) is 0 Å². The molecule has 1 unspecified atom stereocenters. The van der Waals surface area contributed by atoms with Gasteiger partial charge in [0.15, 0.2) is 5.69 Å². The van der Waals surface area contributed by atoms with E-state index in [1.807, 2.05) is 30.3 Å². The molecular weight excluding hydrogens is 458 g/mol. The molecule has 8 nitrogen and oxygen atoms in total. The van der Waals surface area contributed by atoms with E-state index < -0.39 is 17.6 Å². The lowest BCUT2D eigenvalue weighted by molar-refractivity contribution is -0.123. The van der Waals surface area contributed by atoms with Crippen LogP contribution >= 0.6 is 0 Å². The number of hydrogen-bond acceptors (Lipinski definition) is 6. The maximum Gasteiger partial charge on any atom is 0.276 e. The first-order chi connectivity index (χ1) is 17.2. The Morgan fingerprint density at radius 2 is 1.97 bits per heavy atom. The van der Waals surface area contributed by atoms with Crippen molar-refractivity contribution in [3.05, 3.63) is 77.2 Å². The molecule has 0 spiro atoms. The first-order valence-corrected chi connectivity index (χ1v) is 11.8. The predicted octanol–water partition coefficient (Wildman–Crippen LogP) is 3.27. The van der Waals surface area contributed by atoms with E-state index in [0.29, 0.717) is 29.2 Å². The predicted molar refractivity (Wildman–Crippen MR) is 135 cm³/mol. The fourth-order valence-electron chi connectivity index (χ4n) is 3.96. The molecule has 0 aliphatic carbocycles. The largest absolute Gasteiger partial charge is 0.489 e. The highest BCUT2D eigenvalue weighted by molar-refractivity contribution is 6.03. The maximum atomic E-state index is 13.5. The monoisotopic (exact) mass is 487 g/mol. The lowest BCUT2D eigenvalue weighted by atomic mass is 10.1. The van der Waals surface area contributed by atoms with Crippen LogP contribution in [0.25, 0.3) is 0 Å². The molecule has 0 saturated heterocycles. The van der Waals surface area contributed by atoms with Gasteiger partial charge in [0, 0.05) is 31.6 Å². The number of hydrogen-bond donors (Lipinski definition) is 1. The summed E-state index contributed by atoms with van der Waals surface area (Å²) >= 11 is 0. The van der Waals surface area contributed by atoms with Gasteiger partial charge in [-0.15, -0.1) is 0 Å². The van der Waals surface area contributed by atoms with Gasteiger partial charge in [0.2, 0.25) is 0 Å². The first kappa shape index (κ1) is 25.0. The number of anilines is 1. The molecule has 1 N–H and O–H groups in total. The summed E-state index contributed by atoms with van der Waals surface area (Å²) in [7, 11) is 1.64. The number of ether oxygens (including phenoxy) is 1. The Morgan fingerprint density at radius 1 is 1.22 bits per heavy atom. The molecule has 1 atom stereocenters. The lowest BCUT2D eigenvalue weighted by Crippen LogP contribution is -2.52. The zero-order valence-electron chi connectivity index (χ0n) is 20.8. The van der Waals surface area contributed by atoms with Crippen molar-refractivity contribution in [3.8, 4) is 17.6 Å². The van der Waals surface area contributed by atoms with Gasteiger partial charge in [-0.2, -0.15) is 0 Å². The first-order valence-electron chi connectivity index (χ1n) is 11.8. The topological polar surface area (TPSA) is 96.1 Å². The van der Waals surface area contributed by atoms with Crippen molar-refractivity contribution in [3.63, 3.8) is 0 Å². The van der Waals surface area contributed by atoms with Gasteiger partial charge in [-0.3, -0.25) is 9.59 Å². The second-order valence-electron chi connectivity index (χ2n) is 9.15. The molecule has 2 aromatic carbocycles. The van der Waals surface area contributed by atoms with Crippen LogP contribution < -0.4 is 9.64 Å². The summed E-state index contributed by atoms with van der Waals surface area (Å²) in [4.78, 5) is 29.7. The van der Waals surface area contributed by atoms with Gasteiger partial charge in [-0.25, -0.2) is 0 Å². The number of nitrogens with zero attached hydrogens (tertiary/aromatic N) is 3. The number of aliphatic hydroxyl groups is 1. The van der Waals surface area contributed by atoms with Crippen LogP contribution in [0.4, 0.5) is 5.69 Å². The molecule has 0 fully saturated rings.